The summed E-state index contributed by atoms with van der Waals surface area (Å²) >= 11 is 0. The summed E-state index contributed by atoms with van der Waals surface area (Å²) in [5.74, 6) is 0.0137. The molecule has 2 aromatic rings. The first-order valence-corrected chi connectivity index (χ1v) is 7.94. The molecule has 0 aliphatic carbocycles. The molecule has 0 spiro atoms. The number of pyridine rings is 1. The summed E-state index contributed by atoms with van der Waals surface area (Å²) in [4.78, 5) is 20.8. The Labute approximate surface area is 136 Å². The number of hydrogen-bond donors (Lipinski definition) is 1. The molecular weight excluding hydrogens is 288 g/mol. The summed E-state index contributed by atoms with van der Waals surface area (Å²) in [5.41, 5.74) is 8.24. The van der Waals surface area contributed by atoms with E-state index in [4.69, 9.17) is 5.73 Å². The van der Waals surface area contributed by atoms with E-state index in [0.29, 0.717) is 0 Å². The van der Waals surface area contributed by atoms with Crippen LogP contribution in [0, 0.1) is 0 Å². The molecule has 23 heavy (non-hydrogen) atoms. The lowest BCUT2D eigenvalue weighted by atomic mass is 10.1. The van der Waals surface area contributed by atoms with Gasteiger partial charge in [-0.05, 0) is 23.3 Å². The lowest BCUT2D eigenvalue weighted by molar-refractivity contribution is -0.134. The second kappa shape index (κ2) is 7.35. The van der Waals surface area contributed by atoms with Gasteiger partial charge in [-0.3, -0.25) is 14.7 Å². The molecule has 5 heteroatoms. The third-order valence-corrected chi connectivity index (χ3v) is 4.26. The third kappa shape index (κ3) is 3.94. The topological polar surface area (TPSA) is 62.5 Å². The van der Waals surface area contributed by atoms with Gasteiger partial charge < -0.3 is 10.6 Å². The molecule has 2 heterocycles. The van der Waals surface area contributed by atoms with E-state index in [1.807, 2.05) is 59.8 Å². The standard InChI is InChI=1S/C18H22N4O/c19-17(16-4-2-1-3-5-16)18(23)22-12-10-21(11-13-22)14-15-6-8-20-9-7-15/h1-9,17H,10-14,19H2. The molecular formula is C18H22N4O. The summed E-state index contributed by atoms with van der Waals surface area (Å²) in [7, 11) is 0. The first-order valence-electron chi connectivity index (χ1n) is 7.94. The van der Waals surface area contributed by atoms with Gasteiger partial charge in [-0.15, -0.1) is 0 Å². The molecule has 5 nitrogen and oxygen atoms in total. The minimum atomic E-state index is -0.567. The van der Waals surface area contributed by atoms with Gasteiger partial charge in [-0.25, -0.2) is 0 Å². The quantitative estimate of drug-likeness (QED) is 0.928. The number of nitrogens with zero attached hydrogens (tertiary/aromatic N) is 3. The maximum atomic E-state index is 12.5. The maximum absolute atomic E-state index is 12.5. The highest BCUT2D eigenvalue weighted by Crippen LogP contribution is 2.15. The lowest BCUT2D eigenvalue weighted by Gasteiger charge is -2.36. The minimum Gasteiger partial charge on any atom is -0.338 e. The van der Waals surface area contributed by atoms with E-state index < -0.39 is 6.04 Å². The van der Waals surface area contributed by atoms with Gasteiger partial charge in [0.05, 0.1) is 0 Å². The van der Waals surface area contributed by atoms with Crippen LogP contribution in [-0.4, -0.2) is 46.9 Å². The zero-order valence-corrected chi connectivity index (χ0v) is 13.1. The molecule has 1 aliphatic rings. The number of piperazine rings is 1. The monoisotopic (exact) mass is 310 g/mol. The molecule has 1 atom stereocenters. The van der Waals surface area contributed by atoms with Crippen LogP contribution >= 0.6 is 0 Å². The predicted molar refractivity (Wildman–Crippen MR) is 89.5 cm³/mol. The Balaban J connectivity index is 1.53. The van der Waals surface area contributed by atoms with Gasteiger partial charge in [-0.1, -0.05) is 30.3 Å². The molecule has 1 saturated heterocycles. The van der Waals surface area contributed by atoms with Gasteiger partial charge in [0, 0.05) is 45.1 Å². The molecule has 0 saturated carbocycles. The van der Waals surface area contributed by atoms with Crippen molar-refractivity contribution in [2.75, 3.05) is 26.2 Å². The van der Waals surface area contributed by atoms with Gasteiger partial charge in [-0.2, -0.15) is 0 Å². The van der Waals surface area contributed by atoms with Crippen LogP contribution in [-0.2, 0) is 11.3 Å². The van der Waals surface area contributed by atoms with Crippen LogP contribution in [0.1, 0.15) is 17.2 Å². The van der Waals surface area contributed by atoms with Gasteiger partial charge in [0.25, 0.3) is 0 Å². The summed E-state index contributed by atoms with van der Waals surface area (Å²) < 4.78 is 0. The van der Waals surface area contributed by atoms with E-state index in [0.717, 1.165) is 38.3 Å². The van der Waals surface area contributed by atoms with Crippen LogP contribution in [0.4, 0.5) is 0 Å². The molecule has 2 N–H and O–H groups in total. The Morgan fingerprint density at radius 2 is 1.70 bits per heavy atom. The highest BCUT2D eigenvalue weighted by molar-refractivity contribution is 5.83. The second-order valence-corrected chi connectivity index (χ2v) is 5.85. The molecule has 1 aromatic carbocycles. The van der Waals surface area contributed by atoms with Gasteiger partial charge in [0.1, 0.15) is 6.04 Å². The van der Waals surface area contributed by atoms with Crippen LogP contribution in [0.3, 0.4) is 0 Å². The zero-order valence-electron chi connectivity index (χ0n) is 13.1. The number of benzene rings is 1. The molecule has 3 rings (SSSR count). The van der Waals surface area contributed by atoms with E-state index in [2.05, 4.69) is 9.88 Å². The maximum Gasteiger partial charge on any atom is 0.244 e. The summed E-state index contributed by atoms with van der Waals surface area (Å²) in [6, 6.07) is 13.1. The number of nitrogens with two attached hydrogens (primary N) is 1. The average molecular weight is 310 g/mol. The van der Waals surface area contributed by atoms with Crippen molar-refractivity contribution in [1.29, 1.82) is 0 Å². The first-order chi connectivity index (χ1) is 11.2. The van der Waals surface area contributed by atoms with Crippen LogP contribution in [0.25, 0.3) is 0 Å². The second-order valence-electron chi connectivity index (χ2n) is 5.85. The molecule has 1 fully saturated rings. The average Bonchev–Trinajstić information content (AvgIpc) is 2.63. The normalized spacial score (nSPS) is 17.0. The van der Waals surface area contributed by atoms with Crippen molar-refractivity contribution in [3.05, 3.63) is 66.0 Å². The van der Waals surface area contributed by atoms with Crippen molar-refractivity contribution >= 4 is 5.91 Å². The third-order valence-electron chi connectivity index (χ3n) is 4.26. The fraction of sp³-hybridized carbons (Fsp3) is 0.333. The Hall–Kier alpha value is -2.24. The van der Waals surface area contributed by atoms with Crippen molar-refractivity contribution in [1.82, 2.24) is 14.8 Å². The van der Waals surface area contributed by atoms with Gasteiger partial charge >= 0.3 is 0 Å². The fourth-order valence-corrected chi connectivity index (χ4v) is 2.87. The van der Waals surface area contributed by atoms with Crippen LogP contribution in [0.2, 0.25) is 0 Å². The summed E-state index contributed by atoms with van der Waals surface area (Å²) in [6.07, 6.45) is 3.63. The Morgan fingerprint density at radius 1 is 1.04 bits per heavy atom. The van der Waals surface area contributed by atoms with Crippen molar-refractivity contribution in [3.63, 3.8) is 0 Å². The van der Waals surface area contributed by atoms with Crippen LogP contribution in [0.15, 0.2) is 54.9 Å². The van der Waals surface area contributed by atoms with Crippen molar-refractivity contribution in [3.8, 4) is 0 Å². The summed E-state index contributed by atoms with van der Waals surface area (Å²) in [5, 5.41) is 0. The van der Waals surface area contributed by atoms with E-state index in [1.165, 1.54) is 5.56 Å². The Morgan fingerprint density at radius 3 is 2.35 bits per heavy atom. The Bertz CT molecular complexity index is 624. The fourth-order valence-electron chi connectivity index (χ4n) is 2.87. The van der Waals surface area contributed by atoms with E-state index in [1.54, 1.807) is 0 Å². The summed E-state index contributed by atoms with van der Waals surface area (Å²) in [6.45, 7) is 4.09. The van der Waals surface area contributed by atoms with Crippen molar-refractivity contribution in [2.24, 2.45) is 5.73 Å². The SMILES string of the molecule is NC(C(=O)N1CCN(Cc2ccncc2)CC1)c1ccccc1. The first kappa shape index (κ1) is 15.6. The zero-order chi connectivity index (χ0) is 16.1. The number of carbonyl (C=O) groups excluding carboxylic acids is 1. The lowest BCUT2D eigenvalue weighted by Crippen LogP contribution is -2.50. The van der Waals surface area contributed by atoms with Crippen LogP contribution < -0.4 is 5.73 Å². The van der Waals surface area contributed by atoms with Gasteiger partial charge in [0.2, 0.25) is 5.91 Å². The van der Waals surface area contributed by atoms with E-state index >= 15 is 0 Å². The Kier molecular flexibility index (Phi) is 5.00. The van der Waals surface area contributed by atoms with Crippen LogP contribution in [0.5, 0.6) is 0 Å². The highest BCUT2D eigenvalue weighted by Gasteiger charge is 2.26. The molecule has 1 amide bonds. The highest BCUT2D eigenvalue weighted by atomic mass is 16.2. The molecule has 120 valence electrons. The smallest absolute Gasteiger partial charge is 0.244 e. The van der Waals surface area contributed by atoms with Gasteiger partial charge in [0.15, 0.2) is 0 Å². The number of hydrogen-bond acceptors (Lipinski definition) is 4. The van der Waals surface area contributed by atoms with Crippen molar-refractivity contribution in [2.45, 2.75) is 12.6 Å². The van der Waals surface area contributed by atoms with E-state index in [9.17, 15) is 4.79 Å². The largest absolute Gasteiger partial charge is 0.338 e. The molecule has 1 aliphatic heterocycles. The number of rotatable bonds is 4. The van der Waals surface area contributed by atoms with Crippen molar-refractivity contribution < 1.29 is 4.79 Å². The van der Waals surface area contributed by atoms with E-state index in [-0.39, 0.29) is 5.91 Å². The molecule has 1 unspecified atom stereocenters. The molecule has 0 bridgehead atoms. The minimum absolute atomic E-state index is 0.0137. The number of carbonyl (C=O) groups is 1. The molecule has 1 aromatic heterocycles. The number of aromatic nitrogens is 1. The number of amides is 1. The molecule has 0 radical (unpaired) electrons. The predicted octanol–water partition coefficient (Wildman–Crippen LogP) is 1.43.